The number of hydrogen-bond acceptors (Lipinski definition) is 9. The lowest BCUT2D eigenvalue weighted by Crippen LogP contribution is -2.64. The van der Waals surface area contributed by atoms with Crippen molar-refractivity contribution in [2.75, 3.05) is 18.6 Å². The molecule has 2 fully saturated rings. The van der Waals surface area contributed by atoms with E-state index in [0.29, 0.717) is 39.8 Å². The number of anilines is 1. The van der Waals surface area contributed by atoms with Gasteiger partial charge in [0.2, 0.25) is 0 Å². The van der Waals surface area contributed by atoms with Crippen molar-refractivity contribution in [3.63, 3.8) is 0 Å². The van der Waals surface area contributed by atoms with E-state index in [-0.39, 0.29) is 10.6 Å². The third kappa shape index (κ3) is 5.67. The molecular formula is C27H26Cl3N5O6. The summed E-state index contributed by atoms with van der Waals surface area (Å²) in [6.07, 6.45) is -3.24. The van der Waals surface area contributed by atoms with E-state index >= 15 is 0 Å². The molecule has 2 aliphatic rings. The van der Waals surface area contributed by atoms with Crippen molar-refractivity contribution < 1.29 is 29.6 Å². The number of methoxy groups -OCH3 is 1. The first kappa shape index (κ1) is 29.7. The Bertz CT molecular complexity index is 1480. The first-order valence-corrected chi connectivity index (χ1v) is 13.9. The number of benzene rings is 2. The fourth-order valence-corrected chi connectivity index (χ4v) is 5.76. The van der Waals surface area contributed by atoms with Crippen molar-refractivity contribution in [1.82, 2.24) is 15.0 Å². The molecule has 0 spiro atoms. The van der Waals surface area contributed by atoms with Crippen LogP contribution in [0.4, 0.5) is 5.69 Å². The summed E-state index contributed by atoms with van der Waals surface area (Å²) in [5, 5.41) is 50.6. The van der Waals surface area contributed by atoms with E-state index in [9.17, 15) is 25.4 Å². The van der Waals surface area contributed by atoms with Gasteiger partial charge in [-0.1, -0.05) is 46.1 Å². The lowest BCUT2D eigenvalue weighted by molar-refractivity contribution is -0.211. The summed E-state index contributed by atoms with van der Waals surface area (Å²) >= 11 is 18.5. The second kappa shape index (κ2) is 12.2. The molecule has 11 nitrogen and oxygen atoms in total. The van der Waals surface area contributed by atoms with Crippen molar-refractivity contribution in [1.29, 1.82) is 5.26 Å². The van der Waals surface area contributed by atoms with Crippen LogP contribution in [0.1, 0.15) is 24.4 Å². The highest BCUT2D eigenvalue weighted by Crippen LogP contribution is 2.38. The van der Waals surface area contributed by atoms with Gasteiger partial charge in [-0.3, -0.25) is 4.79 Å². The SMILES string of the molecule is CO[C@@H]1[C@@H](n2cc(-c3ccc(Cl)c(Cl)c3)nn2)[C@@H](O)[C@@H](CO)O[C@H]1C(=O)N(c1cc(Cl)cc(C#N)c1)[C@H]1CC[C@@H]1O. The van der Waals surface area contributed by atoms with Crippen LogP contribution >= 0.6 is 34.8 Å². The van der Waals surface area contributed by atoms with Crippen LogP contribution in [0.25, 0.3) is 11.3 Å². The molecule has 3 N–H and O–H groups in total. The molecule has 5 rings (SSSR count). The molecule has 1 saturated heterocycles. The summed E-state index contributed by atoms with van der Waals surface area (Å²) in [5.74, 6) is -0.605. The van der Waals surface area contributed by atoms with Crippen LogP contribution in [0.2, 0.25) is 15.1 Å². The number of carbonyl (C=O) groups excluding carboxylic acids is 1. The summed E-state index contributed by atoms with van der Waals surface area (Å²) in [6.45, 7) is -0.603. The lowest BCUT2D eigenvalue weighted by atomic mass is 9.85. The summed E-state index contributed by atoms with van der Waals surface area (Å²) in [4.78, 5) is 15.6. The number of aliphatic hydroxyl groups excluding tert-OH is 3. The van der Waals surface area contributed by atoms with Crippen LogP contribution in [0.15, 0.2) is 42.6 Å². The molecule has 14 heteroatoms. The monoisotopic (exact) mass is 621 g/mol. The Labute approximate surface area is 250 Å². The van der Waals surface area contributed by atoms with Gasteiger partial charge in [0.05, 0.1) is 46.6 Å². The molecular weight excluding hydrogens is 597 g/mol. The number of hydrogen-bond donors (Lipinski definition) is 3. The van der Waals surface area contributed by atoms with Crippen LogP contribution in [0.3, 0.4) is 0 Å². The van der Waals surface area contributed by atoms with E-state index in [2.05, 4.69) is 10.3 Å². The van der Waals surface area contributed by atoms with Gasteiger partial charge in [0.15, 0.2) is 6.10 Å². The second-order valence-electron chi connectivity index (χ2n) is 9.90. The van der Waals surface area contributed by atoms with E-state index in [4.69, 9.17) is 44.3 Å². The number of rotatable bonds is 7. The minimum Gasteiger partial charge on any atom is -0.394 e. The number of carbonyl (C=O) groups is 1. The van der Waals surface area contributed by atoms with Gasteiger partial charge in [-0.2, -0.15) is 5.26 Å². The number of aromatic nitrogens is 3. The molecule has 3 aromatic rings. The summed E-state index contributed by atoms with van der Waals surface area (Å²) in [7, 11) is 1.36. The Morgan fingerprint density at radius 3 is 2.59 bits per heavy atom. The summed E-state index contributed by atoms with van der Waals surface area (Å²) < 4.78 is 13.0. The van der Waals surface area contributed by atoms with E-state index in [1.54, 1.807) is 24.4 Å². The smallest absolute Gasteiger partial charge is 0.259 e. The highest BCUT2D eigenvalue weighted by atomic mass is 35.5. The highest BCUT2D eigenvalue weighted by Gasteiger charge is 2.52. The van der Waals surface area contributed by atoms with Gasteiger partial charge in [-0.15, -0.1) is 5.10 Å². The summed E-state index contributed by atoms with van der Waals surface area (Å²) in [5.41, 5.74) is 1.56. The lowest BCUT2D eigenvalue weighted by Gasteiger charge is -2.47. The van der Waals surface area contributed by atoms with Gasteiger partial charge in [-0.05, 0) is 43.2 Å². The molecule has 216 valence electrons. The summed E-state index contributed by atoms with van der Waals surface area (Å²) in [6, 6.07) is 9.83. The third-order valence-corrected chi connectivity index (χ3v) is 8.43. The average Bonchev–Trinajstić information content (AvgIpc) is 3.45. The zero-order chi connectivity index (χ0) is 29.4. The molecule has 0 radical (unpaired) electrons. The van der Waals surface area contributed by atoms with Crippen molar-refractivity contribution in [2.45, 2.75) is 55.4 Å². The van der Waals surface area contributed by atoms with Crippen molar-refractivity contribution >= 4 is 46.4 Å². The quantitative estimate of drug-likeness (QED) is 0.361. The Kier molecular flexibility index (Phi) is 8.84. The second-order valence-corrected chi connectivity index (χ2v) is 11.2. The highest BCUT2D eigenvalue weighted by molar-refractivity contribution is 6.42. The molecule has 1 aliphatic heterocycles. The molecule has 1 amide bonds. The molecule has 7 atom stereocenters. The maximum absolute atomic E-state index is 14.2. The molecule has 1 aliphatic carbocycles. The van der Waals surface area contributed by atoms with Crippen molar-refractivity contribution in [2.24, 2.45) is 0 Å². The van der Waals surface area contributed by atoms with Crippen LogP contribution in [0.5, 0.6) is 0 Å². The maximum Gasteiger partial charge on any atom is 0.259 e. The molecule has 0 bridgehead atoms. The average molecular weight is 623 g/mol. The minimum atomic E-state index is -1.35. The molecule has 1 saturated carbocycles. The molecule has 1 aromatic heterocycles. The minimum absolute atomic E-state index is 0.228. The fourth-order valence-electron chi connectivity index (χ4n) is 5.23. The normalized spacial score (nSPS) is 27.6. The number of ether oxygens (including phenoxy) is 2. The standard InChI is InChI=1S/C27H26Cl3N5O6/c1-40-25-23(34-11-19(32-33-34)14-2-3-17(29)18(30)8-14)24(38)22(12-36)41-26(25)27(39)35(20-4-5-21(20)37)16-7-13(10-31)6-15(28)9-16/h2-3,6-9,11,20-26,36-38H,4-5,12H2,1H3/t20-,21-,22+,23-,24-,25+,26+/m0/s1. The van der Waals surface area contributed by atoms with Crippen molar-refractivity contribution in [3.8, 4) is 17.3 Å². The zero-order valence-electron chi connectivity index (χ0n) is 21.6. The van der Waals surface area contributed by atoms with Gasteiger partial charge in [0.25, 0.3) is 5.91 Å². The number of nitriles is 1. The fraction of sp³-hybridized carbons (Fsp3) is 0.407. The Hall–Kier alpha value is -2.79. The van der Waals surface area contributed by atoms with Crippen LogP contribution in [-0.4, -0.2) is 86.5 Å². The van der Waals surface area contributed by atoms with E-state index < -0.39 is 55.1 Å². The van der Waals surface area contributed by atoms with E-state index in [1.807, 2.05) is 6.07 Å². The van der Waals surface area contributed by atoms with Crippen LogP contribution in [-0.2, 0) is 14.3 Å². The number of aliphatic hydroxyl groups is 3. The Morgan fingerprint density at radius 1 is 1.20 bits per heavy atom. The van der Waals surface area contributed by atoms with Gasteiger partial charge < -0.3 is 29.7 Å². The predicted octanol–water partition coefficient (Wildman–Crippen LogP) is 3.01. The maximum atomic E-state index is 14.2. The van der Waals surface area contributed by atoms with Gasteiger partial charge in [-0.25, -0.2) is 4.68 Å². The van der Waals surface area contributed by atoms with Gasteiger partial charge in [0, 0.05) is 23.4 Å². The number of nitrogens with zero attached hydrogens (tertiary/aromatic N) is 5. The number of amides is 1. The largest absolute Gasteiger partial charge is 0.394 e. The first-order chi connectivity index (χ1) is 19.7. The Balaban J connectivity index is 1.53. The molecule has 0 unspecified atom stereocenters. The molecule has 41 heavy (non-hydrogen) atoms. The van der Waals surface area contributed by atoms with Gasteiger partial charge >= 0.3 is 0 Å². The van der Waals surface area contributed by atoms with Crippen molar-refractivity contribution in [3.05, 3.63) is 63.2 Å². The van der Waals surface area contributed by atoms with E-state index in [1.165, 1.54) is 34.9 Å². The molecule has 2 aromatic carbocycles. The van der Waals surface area contributed by atoms with Gasteiger partial charge in [0.1, 0.15) is 30.0 Å². The van der Waals surface area contributed by atoms with Crippen LogP contribution in [0, 0.1) is 11.3 Å². The first-order valence-electron chi connectivity index (χ1n) is 12.7. The topological polar surface area (TPSA) is 154 Å². The number of halogens is 3. The van der Waals surface area contributed by atoms with Crippen LogP contribution < -0.4 is 4.90 Å². The predicted molar refractivity (Wildman–Crippen MR) is 150 cm³/mol. The third-order valence-electron chi connectivity index (χ3n) is 7.48. The molecule has 2 heterocycles. The van der Waals surface area contributed by atoms with E-state index in [0.717, 1.165) is 0 Å². The zero-order valence-corrected chi connectivity index (χ0v) is 23.9. The Morgan fingerprint density at radius 2 is 1.98 bits per heavy atom.